The first kappa shape index (κ1) is 13.3. The fraction of sp³-hybridized carbons (Fsp3) is 0.500. The van der Waals surface area contributed by atoms with Gasteiger partial charge in [0.1, 0.15) is 17.4 Å². The molecule has 0 aliphatic carbocycles. The zero-order chi connectivity index (χ0) is 14.0. The Morgan fingerprint density at radius 3 is 2.74 bits per heavy atom. The minimum atomic E-state index is -0.131. The second-order valence-corrected chi connectivity index (χ2v) is 4.57. The van der Waals surface area contributed by atoms with Gasteiger partial charge in [0.15, 0.2) is 5.82 Å². The summed E-state index contributed by atoms with van der Waals surface area (Å²) in [5, 5.41) is 10.7. The van der Waals surface area contributed by atoms with E-state index in [1.165, 1.54) is 0 Å². The van der Waals surface area contributed by atoms with Crippen molar-refractivity contribution in [2.24, 2.45) is 0 Å². The van der Waals surface area contributed by atoms with E-state index in [-0.39, 0.29) is 11.9 Å². The minimum Gasteiger partial charge on any atom is -0.360 e. The lowest BCUT2D eigenvalue weighted by molar-refractivity contribution is -0.116. The summed E-state index contributed by atoms with van der Waals surface area (Å²) in [5.74, 6) is 2.47. The van der Waals surface area contributed by atoms with Gasteiger partial charge in [-0.15, -0.1) is 0 Å². The summed E-state index contributed by atoms with van der Waals surface area (Å²) in [6.07, 6.45) is 0.301. The first-order valence-electron chi connectivity index (χ1n) is 6.08. The van der Waals surface area contributed by atoms with Crippen LogP contribution in [0.2, 0.25) is 0 Å². The van der Waals surface area contributed by atoms with E-state index in [1.54, 1.807) is 17.7 Å². The van der Waals surface area contributed by atoms with Gasteiger partial charge in [0.05, 0.1) is 6.04 Å². The zero-order valence-corrected chi connectivity index (χ0v) is 11.5. The highest BCUT2D eigenvalue weighted by Gasteiger charge is 2.15. The Kier molecular flexibility index (Phi) is 3.64. The summed E-state index contributed by atoms with van der Waals surface area (Å²) in [7, 11) is 0. The van der Waals surface area contributed by atoms with Crippen molar-refractivity contribution in [3.05, 3.63) is 23.5 Å². The Morgan fingerprint density at radius 2 is 2.21 bits per heavy atom. The average Bonchev–Trinajstić information content (AvgIpc) is 2.84. The molecular weight excluding hydrogens is 246 g/mol. The summed E-state index contributed by atoms with van der Waals surface area (Å²) in [4.78, 5) is 16.1. The maximum atomic E-state index is 11.9. The van der Waals surface area contributed by atoms with E-state index in [9.17, 15) is 4.79 Å². The Morgan fingerprint density at radius 1 is 1.47 bits per heavy atom. The number of hydrogen-bond donors (Lipinski definition) is 1. The number of anilines is 1. The number of rotatable bonds is 4. The zero-order valence-electron chi connectivity index (χ0n) is 11.5. The van der Waals surface area contributed by atoms with Crippen LogP contribution in [0.15, 0.2) is 10.6 Å². The molecule has 102 valence electrons. The second-order valence-electron chi connectivity index (χ2n) is 4.57. The molecule has 0 bridgehead atoms. The lowest BCUT2D eigenvalue weighted by atomic mass is 10.2. The fourth-order valence-electron chi connectivity index (χ4n) is 1.93. The predicted molar refractivity (Wildman–Crippen MR) is 68.7 cm³/mol. The molecule has 0 aromatic carbocycles. The molecule has 0 aliphatic rings. The molecule has 1 amide bonds. The van der Waals surface area contributed by atoms with Gasteiger partial charge >= 0.3 is 0 Å². The Bertz CT molecular complexity index is 587. The lowest BCUT2D eigenvalue weighted by Gasteiger charge is -2.12. The molecule has 19 heavy (non-hydrogen) atoms. The number of nitrogens with zero attached hydrogens (tertiary/aromatic N) is 4. The topological polar surface area (TPSA) is 85.8 Å². The van der Waals surface area contributed by atoms with Crippen LogP contribution < -0.4 is 5.32 Å². The molecule has 0 unspecified atom stereocenters. The summed E-state index contributed by atoms with van der Waals surface area (Å²) in [6.45, 7) is 7.39. The standard InChI is InChI=1S/C12H17N5O2/c1-7(17-10(4)13-9(3)15-17)5-12(18)14-11-6-8(2)19-16-11/h6-7H,5H2,1-4H3,(H,14,16,18)/t7-/m0/s1. The van der Waals surface area contributed by atoms with Gasteiger partial charge in [-0.2, -0.15) is 5.10 Å². The van der Waals surface area contributed by atoms with Crippen molar-refractivity contribution in [3.8, 4) is 0 Å². The van der Waals surface area contributed by atoms with Gasteiger partial charge in [0.25, 0.3) is 0 Å². The van der Waals surface area contributed by atoms with Gasteiger partial charge in [0.2, 0.25) is 5.91 Å². The van der Waals surface area contributed by atoms with Crippen LogP contribution in [0.25, 0.3) is 0 Å². The SMILES string of the molecule is Cc1nc(C)n([C@@H](C)CC(=O)Nc2cc(C)on2)n1. The van der Waals surface area contributed by atoms with Crippen molar-refractivity contribution in [3.63, 3.8) is 0 Å². The second kappa shape index (κ2) is 5.21. The number of aromatic nitrogens is 4. The van der Waals surface area contributed by atoms with Crippen molar-refractivity contribution in [2.75, 3.05) is 5.32 Å². The molecule has 0 aliphatic heterocycles. The van der Waals surface area contributed by atoms with Crippen LogP contribution in [-0.2, 0) is 4.79 Å². The fourth-order valence-corrected chi connectivity index (χ4v) is 1.93. The smallest absolute Gasteiger partial charge is 0.227 e. The number of carbonyl (C=O) groups is 1. The quantitative estimate of drug-likeness (QED) is 0.908. The molecule has 2 rings (SSSR count). The first-order chi connectivity index (χ1) is 8.95. The molecule has 7 heteroatoms. The van der Waals surface area contributed by atoms with E-state index < -0.39 is 0 Å². The monoisotopic (exact) mass is 263 g/mol. The third-order valence-electron chi connectivity index (χ3n) is 2.70. The molecule has 0 saturated heterocycles. The van der Waals surface area contributed by atoms with Gasteiger partial charge in [-0.1, -0.05) is 5.16 Å². The van der Waals surface area contributed by atoms with Crippen LogP contribution in [0.5, 0.6) is 0 Å². The molecular formula is C12H17N5O2. The van der Waals surface area contributed by atoms with E-state index in [4.69, 9.17) is 4.52 Å². The molecule has 7 nitrogen and oxygen atoms in total. The highest BCUT2D eigenvalue weighted by molar-refractivity contribution is 5.89. The summed E-state index contributed by atoms with van der Waals surface area (Å²) < 4.78 is 6.64. The Balaban J connectivity index is 1.97. The molecule has 0 radical (unpaired) electrons. The average molecular weight is 263 g/mol. The summed E-state index contributed by atoms with van der Waals surface area (Å²) >= 11 is 0. The number of carbonyl (C=O) groups excluding carboxylic acids is 1. The largest absolute Gasteiger partial charge is 0.360 e. The normalized spacial score (nSPS) is 12.4. The third kappa shape index (κ3) is 3.18. The van der Waals surface area contributed by atoms with E-state index in [0.29, 0.717) is 23.8 Å². The van der Waals surface area contributed by atoms with Crippen molar-refractivity contribution < 1.29 is 9.32 Å². The van der Waals surface area contributed by atoms with Crippen LogP contribution in [0.3, 0.4) is 0 Å². The van der Waals surface area contributed by atoms with Gasteiger partial charge in [0, 0.05) is 12.5 Å². The van der Waals surface area contributed by atoms with Crippen LogP contribution in [0, 0.1) is 20.8 Å². The molecule has 0 saturated carbocycles. The van der Waals surface area contributed by atoms with Crippen molar-refractivity contribution >= 4 is 11.7 Å². The summed E-state index contributed by atoms with van der Waals surface area (Å²) in [5.41, 5.74) is 0. The van der Waals surface area contributed by atoms with Gasteiger partial charge in [-0.3, -0.25) is 4.79 Å². The highest BCUT2D eigenvalue weighted by Crippen LogP contribution is 2.14. The molecule has 0 fully saturated rings. The van der Waals surface area contributed by atoms with Gasteiger partial charge in [-0.05, 0) is 27.7 Å². The van der Waals surface area contributed by atoms with E-state index in [0.717, 1.165) is 5.82 Å². The van der Waals surface area contributed by atoms with Crippen molar-refractivity contribution in [1.82, 2.24) is 19.9 Å². The molecule has 1 N–H and O–H groups in total. The molecule has 2 aromatic heterocycles. The minimum absolute atomic E-state index is 0.0609. The van der Waals surface area contributed by atoms with Crippen LogP contribution >= 0.6 is 0 Å². The highest BCUT2D eigenvalue weighted by atomic mass is 16.5. The van der Waals surface area contributed by atoms with Crippen molar-refractivity contribution in [1.29, 1.82) is 0 Å². The van der Waals surface area contributed by atoms with Crippen LogP contribution in [0.1, 0.15) is 36.8 Å². The van der Waals surface area contributed by atoms with Gasteiger partial charge in [-0.25, -0.2) is 9.67 Å². The summed E-state index contributed by atoms with van der Waals surface area (Å²) in [6, 6.07) is 1.61. The van der Waals surface area contributed by atoms with E-state index in [2.05, 4.69) is 20.6 Å². The number of nitrogens with one attached hydrogen (secondary N) is 1. The lowest BCUT2D eigenvalue weighted by Crippen LogP contribution is -2.19. The predicted octanol–water partition coefficient (Wildman–Crippen LogP) is 1.78. The molecule has 2 aromatic rings. The number of aryl methyl sites for hydroxylation is 3. The molecule has 2 heterocycles. The van der Waals surface area contributed by atoms with E-state index >= 15 is 0 Å². The van der Waals surface area contributed by atoms with Crippen LogP contribution in [-0.4, -0.2) is 25.8 Å². The first-order valence-corrected chi connectivity index (χ1v) is 6.08. The number of amides is 1. The maximum Gasteiger partial charge on any atom is 0.227 e. The molecule has 0 spiro atoms. The third-order valence-corrected chi connectivity index (χ3v) is 2.70. The number of hydrogen-bond acceptors (Lipinski definition) is 5. The van der Waals surface area contributed by atoms with Gasteiger partial charge < -0.3 is 9.84 Å². The maximum absolute atomic E-state index is 11.9. The Labute approximate surface area is 111 Å². The Hall–Kier alpha value is -2.18. The van der Waals surface area contributed by atoms with E-state index in [1.807, 2.05) is 20.8 Å². The van der Waals surface area contributed by atoms with Crippen LogP contribution in [0.4, 0.5) is 5.82 Å². The molecule has 1 atom stereocenters. The van der Waals surface area contributed by atoms with Crippen molar-refractivity contribution in [2.45, 2.75) is 40.2 Å².